The van der Waals surface area contributed by atoms with Crippen LogP contribution in [-0.2, 0) is 10.8 Å². The van der Waals surface area contributed by atoms with Gasteiger partial charge in [0.15, 0.2) is 6.29 Å². The molecule has 1 heterocycles. The van der Waals surface area contributed by atoms with Crippen LogP contribution >= 0.6 is 0 Å². The van der Waals surface area contributed by atoms with Crippen molar-refractivity contribution < 1.29 is 9.84 Å². The van der Waals surface area contributed by atoms with Crippen molar-refractivity contribution in [3.63, 3.8) is 0 Å². The molecule has 94 valence electrons. The van der Waals surface area contributed by atoms with Gasteiger partial charge in [0.25, 0.3) is 0 Å². The number of hydrogen-bond donors (Lipinski definition) is 1. The van der Waals surface area contributed by atoms with Crippen molar-refractivity contribution in [1.29, 1.82) is 0 Å². The van der Waals surface area contributed by atoms with Crippen LogP contribution < -0.4 is 4.74 Å². The van der Waals surface area contributed by atoms with E-state index in [-0.39, 0.29) is 10.8 Å². The summed E-state index contributed by atoms with van der Waals surface area (Å²) in [6.07, 6.45) is -0.0471. The fourth-order valence-corrected chi connectivity index (χ4v) is 2.51. The molecule has 2 heteroatoms. The lowest BCUT2D eigenvalue weighted by Crippen LogP contribution is -2.35. The standard InChI is InChI=1S/C15H22O2/c1-14(2,3)10-7-6-8-11-13(10)17-12(16)9-15(11,4)5/h6-8,12,16H,9H2,1-5H3. The highest BCUT2D eigenvalue weighted by molar-refractivity contribution is 5.49. The van der Waals surface area contributed by atoms with Gasteiger partial charge in [-0.2, -0.15) is 0 Å². The summed E-state index contributed by atoms with van der Waals surface area (Å²) >= 11 is 0. The van der Waals surface area contributed by atoms with Crippen LogP contribution in [0.25, 0.3) is 0 Å². The number of ether oxygens (including phenoxy) is 1. The van der Waals surface area contributed by atoms with Gasteiger partial charge in [-0.05, 0) is 16.4 Å². The van der Waals surface area contributed by atoms with Crippen LogP contribution in [0, 0.1) is 0 Å². The second-order valence-corrected chi connectivity index (χ2v) is 6.59. The molecule has 0 aromatic heterocycles. The average molecular weight is 234 g/mol. The molecule has 1 aromatic carbocycles. The topological polar surface area (TPSA) is 29.5 Å². The van der Waals surface area contributed by atoms with Gasteiger partial charge in [-0.3, -0.25) is 0 Å². The van der Waals surface area contributed by atoms with Gasteiger partial charge in [0, 0.05) is 12.0 Å². The molecule has 1 N–H and O–H groups in total. The first-order chi connectivity index (χ1) is 7.72. The Morgan fingerprint density at radius 1 is 1.29 bits per heavy atom. The predicted octanol–water partition coefficient (Wildman–Crippen LogP) is 3.36. The van der Waals surface area contributed by atoms with Crippen molar-refractivity contribution in [2.24, 2.45) is 0 Å². The quantitative estimate of drug-likeness (QED) is 0.746. The fraction of sp³-hybridized carbons (Fsp3) is 0.600. The van der Waals surface area contributed by atoms with E-state index in [9.17, 15) is 5.11 Å². The van der Waals surface area contributed by atoms with Crippen LogP contribution in [0.2, 0.25) is 0 Å². The summed E-state index contributed by atoms with van der Waals surface area (Å²) < 4.78 is 5.68. The molecule has 0 saturated heterocycles. The van der Waals surface area contributed by atoms with Gasteiger partial charge in [-0.15, -0.1) is 0 Å². The Morgan fingerprint density at radius 3 is 2.53 bits per heavy atom. The zero-order valence-corrected chi connectivity index (χ0v) is 11.4. The highest BCUT2D eigenvalue weighted by Gasteiger charge is 2.36. The van der Waals surface area contributed by atoms with E-state index >= 15 is 0 Å². The molecular weight excluding hydrogens is 212 g/mol. The molecule has 1 unspecified atom stereocenters. The van der Waals surface area contributed by atoms with Gasteiger partial charge in [-0.25, -0.2) is 0 Å². The van der Waals surface area contributed by atoms with Gasteiger partial charge in [0.2, 0.25) is 0 Å². The van der Waals surface area contributed by atoms with E-state index in [1.54, 1.807) is 0 Å². The van der Waals surface area contributed by atoms with E-state index in [1.807, 2.05) is 0 Å². The summed E-state index contributed by atoms with van der Waals surface area (Å²) in [4.78, 5) is 0. The maximum atomic E-state index is 9.86. The SMILES string of the molecule is CC(C)(C)c1cccc2c1OC(O)CC2(C)C. The van der Waals surface area contributed by atoms with Gasteiger partial charge in [0.05, 0.1) is 0 Å². The molecule has 0 aliphatic carbocycles. The van der Waals surface area contributed by atoms with Gasteiger partial charge >= 0.3 is 0 Å². The number of rotatable bonds is 0. The Hall–Kier alpha value is -1.02. The van der Waals surface area contributed by atoms with Crippen LogP contribution in [0.3, 0.4) is 0 Å². The minimum atomic E-state index is -0.694. The first-order valence-corrected chi connectivity index (χ1v) is 6.20. The lowest BCUT2D eigenvalue weighted by Gasteiger charge is -2.38. The lowest BCUT2D eigenvalue weighted by molar-refractivity contribution is -0.0508. The van der Waals surface area contributed by atoms with E-state index in [2.05, 4.69) is 52.8 Å². The van der Waals surface area contributed by atoms with E-state index in [1.165, 1.54) is 11.1 Å². The summed E-state index contributed by atoms with van der Waals surface area (Å²) in [5, 5.41) is 9.86. The van der Waals surface area contributed by atoms with E-state index in [0.717, 1.165) is 5.75 Å². The third-order valence-corrected chi connectivity index (χ3v) is 3.49. The molecule has 0 saturated carbocycles. The molecule has 0 radical (unpaired) electrons. The zero-order chi connectivity index (χ0) is 12.8. The Kier molecular flexibility index (Phi) is 2.74. The van der Waals surface area contributed by atoms with Crippen molar-refractivity contribution in [3.05, 3.63) is 29.3 Å². The average Bonchev–Trinajstić information content (AvgIpc) is 2.13. The summed E-state index contributed by atoms with van der Waals surface area (Å²) in [7, 11) is 0. The van der Waals surface area contributed by atoms with Crippen molar-refractivity contribution in [1.82, 2.24) is 0 Å². The van der Waals surface area contributed by atoms with Crippen molar-refractivity contribution in [2.75, 3.05) is 0 Å². The van der Waals surface area contributed by atoms with Crippen molar-refractivity contribution in [2.45, 2.75) is 58.2 Å². The van der Waals surface area contributed by atoms with Gasteiger partial charge < -0.3 is 9.84 Å². The number of hydrogen-bond acceptors (Lipinski definition) is 2. The number of aliphatic hydroxyl groups is 1. The lowest BCUT2D eigenvalue weighted by atomic mass is 9.75. The Morgan fingerprint density at radius 2 is 1.94 bits per heavy atom. The first-order valence-electron chi connectivity index (χ1n) is 6.20. The third kappa shape index (κ3) is 2.19. The molecule has 0 bridgehead atoms. The molecule has 1 atom stereocenters. The maximum absolute atomic E-state index is 9.86. The van der Waals surface area contributed by atoms with Gasteiger partial charge in [-0.1, -0.05) is 52.8 Å². The number of fused-ring (bicyclic) bond motifs is 1. The summed E-state index contributed by atoms with van der Waals surface area (Å²) in [6, 6.07) is 6.28. The van der Waals surface area contributed by atoms with Crippen LogP contribution in [0.1, 0.15) is 52.2 Å². The summed E-state index contributed by atoms with van der Waals surface area (Å²) in [6.45, 7) is 10.8. The van der Waals surface area contributed by atoms with Crippen LogP contribution in [0.15, 0.2) is 18.2 Å². The smallest absolute Gasteiger partial charge is 0.198 e. The van der Waals surface area contributed by atoms with Gasteiger partial charge in [0.1, 0.15) is 5.75 Å². The number of benzene rings is 1. The predicted molar refractivity (Wildman–Crippen MR) is 69.4 cm³/mol. The highest BCUT2D eigenvalue weighted by atomic mass is 16.6. The number of aliphatic hydroxyl groups excluding tert-OH is 1. The molecule has 0 spiro atoms. The molecular formula is C15H22O2. The zero-order valence-electron chi connectivity index (χ0n) is 11.4. The van der Waals surface area contributed by atoms with Crippen LogP contribution in [0.4, 0.5) is 0 Å². The molecule has 2 nitrogen and oxygen atoms in total. The summed E-state index contributed by atoms with van der Waals surface area (Å²) in [5.41, 5.74) is 2.37. The second-order valence-electron chi connectivity index (χ2n) is 6.59. The molecule has 17 heavy (non-hydrogen) atoms. The molecule has 1 aliphatic heterocycles. The molecule has 0 amide bonds. The largest absolute Gasteiger partial charge is 0.465 e. The Labute approximate surface area is 104 Å². The fourth-order valence-electron chi connectivity index (χ4n) is 2.51. The highest BCUT2D eigenvalue weighted by Crippen LogP contribution is 2.45. The third-order valence-electron chi connectivity index (χ3n) is 3.49. The van der Waals surface area contributed by atoms with Crippen molar-refractivity contribution >= 4 is 0 Å². The van der Waals surface area contributed by atoms with Crippen LogP contribution in [0.5, 0.6) is 5.75 Å². The maximum Gasteiger partial charge on any atom is 0.198 e. The molecule has 2 rings (SSSR count). The van der Waals surface area contributed by atoms with E-state index < -0.39 is 6.29 Å². The van der Waals surface area contributed by atoms with E-state index in [4.69, 9.17) is 4.74 Å². The molecule has 0 fully saturated rings. The minimum Gasteiger partial charge on any atom is -0.465 e. The van der Waals surface area contributed by atoms with Crippen molar-refractivity contribution in [3.8, 4) is 5.75 Å². The number of para-hydroxylation sites is 1. The molecule has 1 aliphatic rings. The second kappa shape index (κ2) is 3.74. The molecule has 1 aromatic rings. The first kappa shape index (κ1) is 12.4. The summed E-state index contributed by atoms with van der Waals surface area (Å²) in [5.74, 6) is 0.878. The Balaban J connectivity index is 2.62. The monoisotopic (exact) mass is 234 g/mol. The Bertz CT molecular complexity index is 413. The minimum absolute atomic E-state index is 0.0263. The van der Waals surface area contributed by atoms with E-state index in [0.29, 0.717) is 6.42 Å². The normalized spacial score (nSPS) is 22.8. The van der Waals surface area contributed by atoms with Crippen LogP contribution in [-0.4, -0.2) is 11.4 Å².